The average Bonchev–Trinajstić information content (AvgIpc) is 2.46. The van der Waals surface area contributed by atoms with Crippen molar-refractivity contribution in [3.8, 4) is 0 Å². The molecule has 0 spiro atoms. The first-order valence-corrected chi connectivity index (χ1v) is 7.40. The van der Waals surface area contributed by atoms with Crippen LogP contribution in [0.15, 0.2) is 24.3 Å². The third kappa shape index (κ3) is 4.59. The molecule has 0 amide bonds. The molecule has 1 fully saturated rings. The summed E-state index contributed by atoms with van der Waals surface area (Å²) in [5.41, 5.74) is 1.16. The lowest BCUT2D eigenvalue weighted by Crippen LogP contribution is -2.27. The van der Waals surface area contributed by atoms with Crippen LogP contribution in [0.1, 0.15) is 50.6 Å². The fourth-order valence-corrected chi connectivity index (χ4v) is 2.65. The number of rotatable bonds is 6. The Hall–Kier alpha value is -0.930. The van der Waals surface area contributed by atoms with E-state index in [4.69, 9.17) is 4.74 Å². The van der Waals surface area contributed by atoms with E-state index in [1.54, 1.807) is 0 Å². The van der Waals surface area contributed by atoms with Crippen molar-refractivity contribution in [3.05, 3.63) is 35.6 Å². The highest BCUT2D eigenvalue weighted by Crippen LogP contribution is 2.18. The molecule has 0 saturated carbocycles. The maximum atomic E-state index is 12.9. The van der Waals surface area contributed by atoms with Gasteiger partial charge < -0.3 is 10.1 Å². The van der Waals surface area contributed by atoms with Crippen molar-refractivity contribution in [2.75, 3.05) is 13.2 Å². The van der Waals surface area contributed by atoms with Gasteiger partial charge in [-0.25, -0.2) is 4.39 Å². The summed E-state index contributed by atoms with van der Waals surface area (Å²) in [5, 5.41) is 3.55. The molecular weight excluding hydrogens is 241 g/mol. The zero-order valence-electron chi connectivity index (χ0n) is 11.7. The van der Waals surface area contributed by atoms with Gasteiger partial charge in [-0.1, -0.05) is 19.1 Å². The second-order valence-electron chi connectivity index (χ2n) is 5.24. The Morgan fingerprint density at radius 1 is 1.32 bits per heavy atom. The molecule has 0 radical (unpaired) electrons. The monoisotopic (exact) mass is 265 g/mol. The second kappa shape index (κ2) is 7.61. The standard InChI is InChI=1S/C16H24FNO/c1-2-16(13-6-8-14(17)9-7-13)18-11-10-15-5-3-4-12-19-15/h6-9,15-16,18H,2-5,10-12H2,1H3. The molecule has 1 saturated heterocycles. The van der Waals surface area contributed by atoms with Crippen LogP contribution in [0.5, 0.6) is 0 Å². The maximum absolute atomic E-state index is 12.9. The van der Waals surface area contributed by atoms with Crippen LogP contribution < -0.4 is 5.32 Å². The highest BCUT2D eigenvalue weighted by Gasteiger charge is 2.14. The molecular formula is C16H24FNO. The van der Waals surface area contributed by atoms with Crippen LogP contribution >= 0.6 is 0 Å². The fourth-order valence-electron chi connectivity index (χ4n) is 2.65. The van der Waals surface area contributed by atoms with Gasteiger partial charge in [-0.15, -0.1) is 0 Å². The molecule has 1 aromatic rings. The lowest BCUT2D eigenvalue weighted by Gasteiger charge is -2.24. The van der Waals surface area contributed by atoms with Gasteiger partial charge in [0, 0.05) is 12.6 Å². The van der Waals surface area contributed by atoms with E-state index in [0.29, 0.717) is 12.1 Å². The van der Waals surface area contributed by atoms with E-state index in [2.05, 4.69) is 12.2 Å². The molecule has 19 heavy (non-hydrogen) atoms. The first-order chi connectivity index (χ1) is 9.29. The molecule has 2 unspecified atom stereocenters. The van der Waals surface area contributed by atoms with E-state index < -0.39 is 0 Å². The van der Waals surface area contributed by atoms with E-state index >= 15 is 0 Å². The minimum absolute atomic E-state index is 0.172. The molecule has 1 N–H and O–H groups in total. The number of benzene rings is 1. The lowest BCUT2D eigenvalue weighted by atomic mass is 10.0. The minimum atomic E-state index is -0.172. The molecule has 1 aromatic carbocycles. The largest absolute Gasteiger partial charge is 0.378 e. The van der Waals surface area contributed by atoms with Gasteiger partial charge in [-0.2, -0.15) is 0 Å². The second-order valence-corrected chi connectivity index (χ2v) is 5.24. The Bertz CT molecular complexity index is 360. The quantitative estimate of drug-likeness (QED) is 0.844. The van der Waals surface area contributed by atoms with Gasteiger partial charge in [-0.05, 0) is 56.3 Å². The molecule has 2 rings (SSSR count). The number of halogens is 1. The number of hydrogen-bond acceptors (Lipinski definition) is 2. The third-order valence-electron chi connectivity index (χ3n) is 3.81. The van der Waals surface area contributed by atoms with Gasteiger partial charge in [-0.3, -0.25) is 0 Å². The fraction of sp³-hybridized carbons (Fsp3) is 0.625. The van der Waals surface area contributed by atoms with Crippen molar-refractivity contribution < 1.29 is 9.13 Å². The van der Waals surface area contributed by atoms with Gasteiger partial charge >= 0.3 is 0 Å². The molecule has 0 aliphatic carbocycles. The van der Waals surface area contributed by atoms with E-state index in [1.807, 2.05) is 12.1 Å². The third-order valence-corrected chi connectivity index (χ3v) is 3.81. The summed E-state index contributed by atoms with van der Waals surface area (Å²) in [6.07, 6.45) is 6.19. The zero-order chi connectivity index (χ0) is 13.5. The normalized spacial score (nSPS) is 21.3. The molecule has 1 aliphatic rings. The highest BCUT2D eigenvalue weighted by atomic mass is 19.1. The topological polar surface area (TPSA) is 21.3 Å². The zero-order valence-corrected chi connectivity index (χ0v) is 11.7. The van der Waals surface area contributed by atoms with Gasteiger partial charge in [0.15, 0.2) is 0 Å². The molecule has 1 heterocycles. The molecule has 0 aromatic heterocycles. The Kier molecular flexibility index (Phi) is 5.80. The average molecular weight is 265 g/mol. The van der Waals surface area contributed by atoms with Crippen LogP contribution in [-0.2, 0) is 4.74 Å². The van der Waals surface area contributed by atoms with Crippen molar-refractivity contribution in [2.45, 2.75) is 51.2 Å². The van der Waals surface area contributed by atoms with Crippen molar-refractivity contribution in [2.24, 2.45) is 0 Å². The smallest absolute Gasteiger partial charge is 0.123 e. The highest BCUT2D eigenvalue weighted by molar-refractivity contribution is 5.19. The summed E-state index contributed by atoms with van der Waals surface area (Å²) in [6.45, 7) is 4.03. The summed E-state index contributed by atoms with van der Waals surface area (Å²) < 4.78 is 18.6. The Morgan fingerprint density at radius 3 is 2.74 bits per heavy atom. The summed E-state index contributed by atoms with van der Waals surface area (Å²) in [6, 6.07) is 7.11. The van der Waals surface area contributed by atoms with E-state index in [-0.39, 0.29) is 5.82 Å². The lowest BCUT2D eigenvalue weighted by molar-refractivity contribution is 0.0112. The Balaban J connectivity index is 1.77. The van der Waals surface area contributed by atoms with Crippen LogP contribution in [0.4, 0.5) is 4.39 Å². The van der Waals surface area contributed by atoms with Crippen molar-refractivity contribution in [3.63, 3.8) is 0 Å². The van der Waals surface area contributed by atoms with Gasteiger partial charge in [0.2, 0.25) is 0 Å². The SMILES string of the molecule is CCC(NCCC1CCCCO1)c1ccc(F)cc1. The minimum Gasteiger partial charge on any atom is -0.378 e. The Morgan fingerprint density at radius 2 is 2.11 bits per heavy atom. The molecule has 1 aliphatic heterocycles. The van der Waals surface area contributed by atoms with E-state index in [9.17, 15) is 4.39 Å². The molecule has 2 nitrogen and oxygen atoms in total. The van der Waals surface area contributed by atoms with Gasteiger partial charge in [0.1, 0.15) is 5.82 Å². The van der Waals surface area contributed by atoms with Crippen molar-refractivity contribution in [1.29, 1.82) is 0 Å². The van der Waals surface area contributed by atoms with Crippen LogP contribution in [0.2, 0.25) is 0 Å². The molecule has 0 bridgehead atoms. The summed E-state index contributed by atoms with van der Waals surface area (Å²) in [5.74, 6) is -0.172. The van der Waals surface area contributed by atoms with Crippen LogP contribution in [-0.4, -0.2) is 19.3 Å². The van der Waals surface area contributed by atoms with Crippen molar-refractivity contribution in [1.82, 2.24) is 5.32 Å². The first-order valence-electron chi connectivity index (χ1n) is 7.40. The number of hydrogen-bond donors (Lipinski definition) is 1. The van der Waals surface area contributed by atoms with Gasteiger partial charge in [0.25, 0.3) is 0 Å². The molecule has 3 heteroatoms. The van der Waals surface area contributed by atoms with Crippen molar-refractivity contribution >= 4 is 0 Å². The molecule has 2 atom stereocenters. The number of ether oxygens (including phenoxy) is 1. The van der Waals surface area contributed by atoms with Gasteiger partial charge in [0.05, 0.1) is 6.10 Å². The van der Waals surface area contributed by atoms with Crippen LogP contribution in [0, 0.1) is 5.82 Å². The summed E-state index contributed by atoms with van der Waals surface area (Å²) >= 11 is 0. The first kappa shape index (κ1) is 14.5. The van der Waals surface area contributed by atoms with E-state index in [1.165, 1.54) is 31.4 Å². The van der Waals surface area contributed by atoms with Crippen LogP contribution in [0.25, 0.3) is 0 Å². The molecule has 106 valence electrons. The summed E-state index contributed by atoms with van der Waals surface area (Å²) in [4.78, 5) is 0. The maximum Gasteiger partial charge on any atom is 0.123 e. The predicted octanol–water partition coefficient (Wildman–Crippen LogP) is 3.83. The number of nitrogens with one attached hydrogen (secondary N) is 1. The Labute approximate surface area is 115 Å². The van der Waals surface area contributed by atoms with E-state index in [0.717, 1.165) is 31.6 Å². The summed E-state index contributed by atoms with van der Waals surface area (Å²) in [7, 11) is 0. The predicted molar refractivity (Wildman–Crippen MR) is 75.6 cm³/mol. The van der Waals surface area contributed by atoms with Crippen LogP contribution in [0.3, 0.4) is 0 Å².